The zero-order chi connectivity index (χ0) is 28.8. The number of carbonyl (C=O) groups excluding carboxylic acids is 1. The smallest absolute Gasteiger partial charge is 0.240 e. The summed E-state index contributed by atoms with van der Waals surface area (Å²) in [5, 5.41) is 2.78. The van der Waals surface area contributed by atoms with Crippen LogP contribution in [0.15, 0.2) is 69.9 Å². The predicted octanol–water partition coefficient (Wildman–Crippen LogP) is 5.35. The van der Waals surface area contributed by atoms with Crippen LogP contribution in [0.25, 0.3) is 42.3 Å². The molecule has 3 aromatic carbocycles. The van der Waals surface area contributed by atoms with E-state index in [0.29, 0.717) is 56.4 Å². The average molecular weight is 584 g/mol. The molecule has 0 bridgehead atoms. The molecule has 2 fully saturated rings. The Hall–Kier alpha value is -3.76. The Kier molecular flexibility index (Phi) is 7.19. The zero-order valence-corrected chi connectivity index (χ0v) is 24.6. The molecule has 5 aromatic rings. The van der Waals surface area contributed by atoms with Crippen molar-refractivity contribution >= 4 is 60.0 Å². The number of benzene rings is 3. The standard InChI is InChI=1S/C33H33N3O5S/c1-21-20-40-16-13-36(21)31-18-28(37)26-8-3-5-23(32(26)41-31)24-6-4-7-25-27-17-22(9-10-29(27)42-33(24)25)34(2)30(38)19-35-11-14-39-15-12-35/h3-10,17-18,21H,11-16,19-20H2,1-2H3/t21-/m1/s1. The van der Waals surface area contributed by atoms with Crippen LogP contribution in [0.3, 0.4) is 0 Å². The number of hydrogen-bond acceptors (Lipinski definition) is 8. The fraction of sp³-hybridized carbons (Fsp3) is 0.333. The summed E-state index contributed by atoms with van der Waals surface area (Å²) in [6.45, 7) is 7.22. The monoisotopic (exact) mass is 583 g/mol. The van der Waals surface area contributed by atoms with Crippen LogP contribution in [0.1, 0.15) is 6.92 Å². The quantitative estimate of drug-likeness (QED) is 0.276. The van der Waals surface area contributed by atoms with E-state index in [1.807, 2.05) is 31.3 Å². The topological polar surface area (TPSA) is 75.5 Å². The summed E-state index contributed by atoms with van der Waals surface area (Å²) in [6.07, 6.45) is 0. The highest BCUT2D eigenvalue weighted by molar-refractivity contribution is 7.26. The van der Waals surface area contributed by atoms with Gasteiger partial charge in [-0.15, -0.1) is 11.3 Å². The van der Waals surface area contributed by atoms with Gasteiger partial charge in [-0.1, -0.05) is 30.3 Å². The molecule has 0 N–H and O–H groups in total. The van der Waals surface area contributed by atoms with Crippen molar-refractivity contribution in [2.75, 3.05) is 69.5 Å². The summed E-state index contributed by atoms with van der Waals surface area (Å²) in [7, 11) is 1.84. The fourth-order valence-electron chi connectivity index (χ4n) is 5.98. The molecule has 1 atom stereocenters. The minimum absolute atomic E-state index is 0.0512. The molecule has 2 saturated heterocycles. The molecule has 0 spiro atoms. The Morgan fingerprint density at radius 1 is 0.929 bits per heavy atom. The van der Waals surface area contributed by atoms with Gasteiger partial charge in [0, 0.05) is 69.7 Å². The Bertz CT molecular complexity index is 1860. The number of rotatable bonds is 5. The first-order valence-corrected chi connectivity index (χ1v) is 15.2. The van der Waals surface area contributed by atoms with Gasteiger partial charge in [0.1, 0.15) is 5.58 Å². The van der Waals surface area contributed by atoms with Crippen molar-refractivity contribution in [2.24, 2.45) is 0 Å². The maximum atomic E-state index is 13.3. The maximum absolute atomic E-state index is 13.3. The first-order chi connectivity index (χ1) is 20.5. The normalized spacial score (nSPS) is 18.2. The Balaban J connectivity index is 1.29. The van der Waals surface area contributed by atoms with Crippen molar-refractivity contribution in [1.82, 2.24) is 4.90 Å². The second kappa shape index (κ2) is 11.1. The third-order valence-electron chi connectivity index (χ3n) is 8.39. The van der Waals surface area contributed by atoms with Crippen LogP contribution >= 0.6 is 11.3 Å². The average Bonchev–Trinajstić information content (AvgIpc) is 3.39. The van der Waals surface area contributed by atoms with Gasteiger partial charge >= 0.3 is 0 Å². The molecule has 0 unspecified atom stereocenters. The number of carbonyl (C=O) groups is 1. The van der Waals surface area contributed by atoms with E-state index in [9.17, 15) is 9.59 Å². The van der Waals surface area contributed by atoms with E-state index in [4.69, 9.17) is 13.9 Å². The van der Waals surface area contributed by atoms with Crippen molar-refractivity contribution in [3.63, 3.8) is 0 Å². The van der Waals surface area contributed by atoms with Gasteiger partial charge in [0.25, 0.3) is 0 Å². The van der Waals surface area contributed by atoms with Gasteiger partial charge in [0.2, 0.25) is 5.91 Å². The van der Waals surface area contributed by atoms with Crippen LogP contribution in [-0.2, 0) is 14.3 Å². The van der Waals surface area contributed by atoms with Crippen molar-refractivity contribution in [2.45, 2.75) is 13.0 Å². The molecule has 42 heavy (non-hydrogen) atoms. The van der Waals surface area contributed by atoms with E-state index < -0.39 is 0 Å². The number of morpholine rings is 2. The summed E-state index contributed by atoms with van der Waals surface area (Å²) in [6, 6.07) is 20.0. The van der Waals surface area contributed by atoms with E-state index in [-0.39, 0.29) is 17.4 Å². The Morgan fingerprint density at radius 3 is 2.50 bits per heavy atom. The number of thiophene rings is 1. The predicted molar refractivity (Wildman–Crippen MR) is 169 cm³/mol. The lowest BCUT2D eigenvalue weighted by atomic mass is 10.0. The van der Waals surface area contributed by atoms with Crippen LogP contribution in [0.2, 0.25) is 0 Å². The van der Waals surface area contributed by atoms with Crippen molar-refractivity contribution in [3.05, 3.63) is 70.9 Å². The largest absolute Gasteiger partial charge is 0.440 e. The first kappa shape index (κ1) is 27.1. The molecule has 4 heterocycles. The first-order valence-electron chi connectivity index (χ1n) is 14.4. The number of para-hydroxylation sites is 1. The van der Waals surface area contributed by atoms with Crippen molar-refractivity contribution < 1.29 is 18.7 Å². The number of hydrogen-bond donors (Lipinski definition) is 0. The molecular weight excluding hydrogens is 550 g/mol. The molecule has 1 amide bonds. The van der Waals surface area contributed by atoms with Crippen molar-refractivity contribution in [3.8, 4) is 11.1 Å². The van der Waals surface area contributed by atoms with Crippen molar-refractivity contribution in [1.29, 1.82) is 0 Å². The lowest BCUT2D eigenvalue weighted by Gasteiger charge is -2.33. The molecule has 216 valence electrons. The number of anilines is 2. The van der Waals surface area contributed by atoms with Gasteiger partial charge in [0.05, 0.1) is 44.4 Å². The van der Waals surface area contributed by atoms with E-state index in [0.717, 1.165) is 50.1 Å². The van der Waals surface area contributed by atoms with Crippen LogP contribution in [0, 0.1) is 0 Å². The second-order valence-corrected chi connectivity index (χ2v) is 12.1. The SMILES string of the molecule is C[C@@H]1COCCN1c1cc(=O)c2cccc(-c3cccc4c3sc3ccc(N(C)C(=O)CN5CCOCC5)cc34)c2o1. The minimum atomic E-state index is -0.0512. The molecular formula is C33H33N3O5S. The van der Waals surface area contributed by atoms with Gasteiger partial charge in [-0.3, -0.25) is 14.5 Å². The lowest BCUT2D eigenvalue weighted by Crippen LogP contribution is -2.44. The molecule has 2 aliphatic rings. The fourth-order valence-corrected chi connectivity index (χ4v) is 7.19. The summed E-state index contributed by atoms with van der Waals surface area (Å²) in [4.78, 5) is 32.4. The second-order valence-electron chi connectivity index (χ2n) is 11.1. The number of nitrogens with zero attached hydrogens (tertiary/aromatic N) is 3. The Morgan fingerprint density at radius 2 is 1.69 bits per heavy atom. The number of fused-ring (bicyclic) bond motifs is 4. The van der Waals surface area contributed by atoms with Crippen LogP contribution in [-0.4, -0.2) is 76.5 Å². The number of amides is 1. The van der Waals surface area contributed by atoms with E-state index >= 15 is 0 Å². The molecule has 0 aliphatic carbocycles. The van der Waals surface area contributed by atoms with E-state index in [1.54, 1.807) is 22.3 Å². The highest BCUT2D eigenvalue weighted by atomic mass is 32.1. The summed E-state index contributed by atoms with van der Waals surface area (Å²) in [5.41, 5.74) is 3.32. The summed E-state index contributed by atoms with van der Waals surface area (Å²) >= 11 is 1.71. The molecule has 0 radical (unpaired) electrons. The van der Waals surface area contributed by atoms with Gasteiger partial charge in [0.15, 0.2) is 11.3 Å². The highest BCUT2D eigenvalue weighted by Crippen LogP contribution is 2.43. The van der Waals surface area contributed by atoms with E-state index in [1.165, 1.54) is 0 Å². The molecule has 2 aliphatic heterocycles. The minimum Gasteiger partial charge on any atom is -0.440 e. The third kappa shape index (κ3) is 4.86. The third-order valence-corrected chi connectivity index (χ3v) is 9.61. The number of ether oxygens (including phenoxy) is 2. The highest BCUT2D eigenvalue weighted by Gasteiger charge is 2.24. The zero-order valence-electron chi connectivity index (χ0n) is 23.8. The lowest BCUT2D eigenvalue weighted by molar-refractivity contribution is -0.120. The molecule has 7 rings (SSSR count). The maximum Gasteiger partial charge on any atom is 0.240 e. The molecule has 0 saturated carbocycles. The summed E-state index contributed by atoms with van der Waals surface area (Å²) < 4.78 is 19.8. The van der Waals surface area contributed by atoms with E-state index in [2.05, 4.69) is 47.1 Å². The van der Waals surface area contributed by atoms with Gasteiger partial charge < -0.3 is 23.7 Å². The van der Waals surface area contributed by atoms with Crippen LogP contribution < -0.4 is 15.2 Å². The van der Waals surface area contributed by atoms with Gasteiger partial charge in [-0.2, -0.15) is 0 Å². The molecule has 2 aromatic heterocycles. The molecule has 8 nitrogen and oxygen atoms in total. The Labute approximate surface area is 247 Å². The van der Waals surface area contributed by atoms with Gasteiger partial charge in [-0.05, 0) is 31.2 Å². The number of likely N-dealkylation sites (N-methyl/N-ethyl adjacent to an activating group) is 1. The summed E-state index contributed by atoms with van der Waals surface area (Å²) in [5.74, 6) is 0.640. The van der Waals surface area contributed by atoms with Crippen LogP contribution in [0.5, 0.6) is 0 Å². The van der Waals surface area contributed by atoms with Gasteiger partial charge in [-0.25, -0.2) is 0 Å². The molecule has 9 heteroatoms. The van der Waals surface area contributed by atoms with Crippen LogP contribution in [0.4, 0.5) is 11.6 Å².